The Morgan fingerprint density at radius 2 is 1.33 bits per heavy atom. The van der Waals surface area contributed by atoms with Gasteiger partial charge in [-0.3, -0.25) is 0 Å². The Bertz CT molecular complexity index is 363. The second kappa shape index (κ2) is 6.50. The van der Waals surface area contributed by atoms with Gasteiger partial charge in [0, 0.05) is 16.5 Å². The molecule has 0 aromatic heterocycles. The number of benzene rings is 1. The first-order valence-corrected chi connectivity index (χ1v) is 7.51. The van der Waals surface area contributed by atoms with Crippen LogP contribution in [0.5, 0.6) is 0 Å². The van der Waals surface area contributed by atoms with Crippen molar-refractivity contribution in [2.45, 2.75) is 31.1 Å². The topological polar surface area (TPSA) is 0 Å². The summed E-state index contributed by atoms with van der Waals surface area (Å²) in [4.78, 5) is 1.51. The lowest BCUT2D eigenvalue weighted by atomic mass is 9.87. The minimum absolute atomic E-state index is 0.272. The van der Waals surface area contributed by atoms with E-state index in [2.05, 4.69) is 57.5 Å². The summed E-state index contributed by atoms with van der Waals surface area (Å²) in [6, 6.07) is 8.78. The van der Waals surface area contributed by atoms with Crippen molar-refractivity contribution in [3.63, 3.8) is 0 Å². The predicted molar refractivity (Wildman–Crippen MR) is 72.8 cm³/mol. The molecule has 0 N–H and O–H groups in total. The molecule has 0 spiro atoms. The minimum Gasteiger partial charge on any atom is -0.418 e. The van der Waals surface area contributed by atoms with E-state index in [4.69, 9.17) is 0 Å². The van der Waals surface area contributed by atoms with E-state index in [0.29, 0.717) is 10.9 Å². The van der Waals surface area contributed by atoms with Gasteiger partial charge in [-0.1, -0.05) is 39.0 Å². The van der Waals surface area contributed by atoms with Crippen molar-refractivity contribution in [2.75, 3.05) is 12.5 Å². The molecule has 0 atom stereocenters. The summed E-state index contributed by atoms with van der Waals surface area (Å²) in [6.45, 7) is 6.83. The Kier molecular flexibility index (Phi) is 6.27. The summed E-state index contributed by atoms with van der Waals surface area (Å²) in [5.41, 5.74) is 1.76. The second-order valence-corrected chi connectivity index (χ2v) is 7.13. The van der Waals surface area contributed by atoms with Crippen molar-refractivity contribution in [1.82, 2.24) is 0 Å². The van der Waals surface area contributed by atoms with Crippen molar-refractivity contribution in [1.29, 1.82) is 0 Å². The molecule has 0 amide bonds. The van der Waals surface area contributed by atoms with Gasteiger partial charge in [-0.2, -0.15) is 0 Å². The zero-order valence-electron chi connectivity index (χ0n) is 11.3. The fourth-order valence-corrected chi connectivity index (χ4v) is 2.61. The van der Waals surface area contributed by atoms with Crippen LogP contribution in [0.2, 0.25) is 0 Å². The second-order valence-electron chi connectivity index (χ2n) is 5.06. The zero-order valence-corrected chi connectivity index (χ0v) is 12.1. The lowest BCUT2D eigenvalue weighted by Crippen LogP contribution is -2.15. The van der Waals surface area contributed by atoms with Crippen molar-refractivity contribution in [3.8, 4) is 0 Å². The van der Waals surface area contributed by atoms with Crippen LogP contribution in [0, 0.1) is 0 Å². The lowest BCUT2D eigenvalue weighted by molar-refractivity contribution is 0.368. The molecule has 1 aromatic carbocycles. The van der Waals surface area contributed by atoms with E-state index in [1.165, 1.54) is 10.5 Å². The van der Waals surface area contributed by atoms with Gasteiger partial charge in [0.1, 0.15) is 12.5 Å². The number of hydrogen-bond donors (Lipinski definition) is 0. The van der Waals surface area contributed by atoms with Gasteiger partial charge in [-0.25, -0.2) is 0 Å². The van der Waals surface area contributed by atoms with Crippen LogP contribution in [0.25, 0.3) is 0 Å². The smallest absolute Gasteiger partial charge is 0.418 e. The zero-order chi connectivity index (χ0) is 14.6. The Balaban J connectivity index is 0.000000494. The average molecular weight is 282 g/mol. The quantitative estimate of drug-likeness (QED) is 0.403. The molecule has 0 aliphatic heterocycles. The summed E-state index contributed by atoms with van der Waals surface area (Å²) in [5, 5.41) is 0. The Labute approximate surface area is 109 Å². The van der Waals surface area contributed by atoms with Gasteiger partial charge in [0.25, 0.3) is 0 Å². The molecule has 6 heteroatoms. The average Bonchev–Trinajstić information content (AvgIpc) is 2.13. The minimum atomic E-state index is -6.00. The third kappa shape index (κ3) is 7.64. The van der Waals surface area contributed by atoms with E-state index < -0.39 is 7.25 Å². The molecule has 1 rings (SSSR count). The summed E-state index contributed by atoms with van der Waals surface area (Å²) < 4.78 is 39.0. The highest BCUT2D eigenvalue weighted by Crippen LogP contribution is 2.28. The van der Waals surface area contributed by atoms with Crippen LogP contribution in [0.1, 0.15) is 26.3 Å². The van der Waals surface area contributed by atoms with Crippen molar-refractivity contribution >= 4 is 18.1 Å². The largest absolute Gasteiger partial charge is 0.673 e. The highest BCUT2D eigenvalue weighted by molar-refractivity contribution is 7.95. The van der Waals surface area contributed by atoms with E-state index in [9.17, 15) is 17.3 Å². The first-order valence-electron chi connectivity index (χ1n) is 5.47. The molecule has 0 saturated heterocycles. The third-order valence-electron chi connectivity index (χ3n) is 2.13. The highest BCUT2D eigenvalue weighted by atomic mass is 32.2. The highest BCUT2D eigenvalue weighted by Gasteiger charge is 2.23. The summed E-state index contributed by atoms with van der Waals surface area (Å²) in [7, 11) is -5.64. The van der Waals surface area contributed by atoms with Gasteiger partial charge in [-0.15, -0.1) is 0 Å². The number of halogens is 4. The van der Waals surface area contributed by atoms with E-state index >= 15 is 0 Å². The molecule has 0 radical (unpaired) electrons. The lowest BCUT2D eigenvalue weighted by Gasteiger charge is -2.20. The van der Waals surface area contributed by atoms with Crippen LogP contribution in [0.3, 0.4) is 0 Å². The van der Waals surface area contributed by atoms with Crippen molar-refractivity contribution in [2.24, 2.45) is 0 Å². The van der Waals surface area contributed by atoms with Crippen LogP contribution < -0.4 is 0 Å². The standard InChI is InChI=1S/C12H19S.BF4/c1-12(2,3)10-8-6-7-9-11(10)13(4)5;2-1(3,4)5/h6-9H,1-5H3;/q+1;-1. The van der Waals surface area contributed by atoms with Crippen LogP contribution in [0.4, 0.5) is 17.3 Å². The molecule has 0 aliphatic carbocycles. The monoisotopic (exact) mass is 282 g/mol. The van der Waals surface area contributed by atoms with E-state index in [1.807, 2.05) is 0 Å². The van der Waals surface area contributed by atoms with Crippen LogP contribution in [-0.2, 0) is 16.3 Å². The maximum atomic E-state index is 9.75. The van der Waals surface area contributed by atoms with Crippen LogP contribution in [-0.4, -0.2) is 19.8 Å². The van der Waals surface area contributed by atoms with E-state index in [-0.39, 0.29) is 5.41 Å². The third-order valence-corrected chi connectivity index (χ3v) is 3.37. The van der Waals surface area contributed by atoms with E-state index in [0.717, 1.165) is 0 Å². The molecule has 0 fully saturated rings. The summed E-state index contributed by atoms with van der Waals surface area (Å²) >= 11 is 0. The molecule has 0 unspecified atom stereocenters. The molecular weight excluding hydrogens is 263 g/mol. The fraction of sp³-hybridized carbons (Fsp3) is 0.500. The first kappa shape index (κ1) is 17.4. The van der Waals surface area contributed by atoms with Gasteiger partial charge >= 0.3 is 7.25 Å². The summed E-state index contributed by atoms with van der Waals surface area (Å²) in [5.74, 6) is 0. The molecule has 18 heavy (non-hydrogen) atoms. The normalized spacial score (nSPS) is 12.1. The molecule has 0 heterocycles. The molecule has 0 aliphatic rings. The van der Waals surface area contributed by atoms with Crippen LogP contribution >= 0.6 is 0 Å². The Morgan fingerprint density at radius 3 is 1.61 bits per heavy atom. The van der Waals surface area contributed by atoms with Crippen LogP contribution in [0.15, 0.2) is 29.2 Å². The Hall–Kier alpha value is -0.645. The maximum absolute atomic E-state index is 9.75. The van der Waals surface area contributed by atoms with Gasteiger partial charge < -0.3 is 17.3 Å². The van der Waals surface area contributed by atoms with Gasteiger partial charge in [0.05, 0.1) is 0 Å². The van der Waals surface area contributed by atoms with E-state index in [1.54, 1.807) is 0 Å². The SMILES string of the molecule is C[S+](C)c1ccccc1C(C)(C)C.F[B-](F)(F)F. The van der Waals surface area contributed by atoms with Crippen molar-refractivity contribution < 1.29 is 17.3 Å². The molecule has 0 nitrogen and oxygen atoms in total. The molecular formula is C12H19BF4S. The summed E-state index contributed by atoms with van der Waals surface area (Å²) in [6.07, 6.45) is 4.56. The molecule has 0 saturated carbocycles. The Morgan fingerprint density at radius 1 is 0.944 bits per heavy atom. The number of hydrogen-bond acceptors (Lipinski definition) is 0. The van der Waals surface area contributed by atoms with Gasteiger partial charge in [-0.05, 0) is 11.5 Å². The molecule has 1 aromatic rings. The van der Waals surface area contributed by atoms with Crippen molar-refractivity contribution in [3.05, 3.63) is 29.8 Å². The predicted octanol–water partition coefficient (Wildman–Crippen LogP) is 4.52. The fourth-order valence-electron chi connectivity index (χ4n) is 1.44. The number of rotatable bonds is 1. The maximum Gasteiger partial charge on any atom is 0.673 e. The van der Waals surface area contributed by atoms with Gasteiger partial charge in [0.2, 0.25) is 0 Å². The molecule has 0 bridgehead atoms. The first-order chi connectivity index (χ1) is 7.93. The molecule has 104 valence electrons. The van der Waals surface area contributed by atoms with Gasteiger partial charge in [0.15, 0.2) is 4.90 Å².